The molecule has 122 valence electrons. The maximum atomic E-state index is 4.02. The highest BCUT2D eigenvalue weighted by Crippen LogP contribution is 2.32. The van der Waals surface area contributed by atoms with Gasteiger partial charge in [0, 0.05) is 5.41 Å². The minimum atomic E-state index is -0.0857. The van der Waals surface area contributed by atoms with Gasteiger partial charge in [-0.1, -0.05) is 111 Å². The van der Waals surface area contributed by atoms with E-state index < -0.39 is 0 Å². The van der Waals surface area contributed by atoms with E-state index in [9.17, 15) is 0 Å². The fourth-order valence-electron chi connectivity index (χ4n) is 2.55. The van der Waals surface area contributed by atoms with Crippen molar-refractivity contribution in [3.05, 3.63) is 104 Å². The molecule has 0 aliphatic rings. The van der Waals surface area contributed by atoms with Gasteiger partial charge in [-0.15, -0.1) is 6.58 Å². The van der Waals surface area contributed by atoms with Crippen LogP contribution in [0.4, 0.5) is 0 Å². The van der Waals surface area contributed by atoms with Crippen LogP contribution in [-0.4, -0.2) is 0 Å². The molecule has 2 aromatic carbocycles. The van der Waals surface area contributed by atoms with Crippen molar-refractivity contribution < 1.29 is 0 Å². The third-order valence-corrected chi connectivity index (χ3v) is 4.61. The van der Waals surface area contributed by atoms with Crippen LogP contribution < -0.4 is 0 Å². The summed E-state index contributed by atoms with van der Waals surface area (Å²) in [6.07, 6.45) is 12.4. The summed E-state index contributed by atoms with van der Waals surface area (Å²) in [6.45, 7) is 12.2. The first-order chi connectivity index (χ1) is 11.6. The molecule has 0 N–H and O–H groups in total. The Kier molecular flexibility index (Phi) is 6.14. The van der Waals surface area contributed by atoms with Gasteiger partial charge < -0.3 is 0 Å². The number of hydrogen-bond donors (Lipinski definition) is 0. The van der Waals surface area contributed by atoms with Gasteiger partial charge in [0.25, 0.3) is 0 Å². The molecular weight excluding hydrogens is 288 g/mol. The monoisotopic (exact) mass is 314 g/mol. The van der Waals surface area contributed by atoms with Crippen LogP contribution in [-0.2, 0) is 0 Å². The Morgan fingerprint density at radius 2 is 1.54 bits per heavy atom. The summed E-state index contributed by atoms with van der Waals surface area (Å²) in [6, 6.07) is 19.1. The molecule has 0 saturated heterocycles. The van der Waals surface area contributed by atoms with E-state index in [-0.39, 0.29) is 5.41 Å². The Morgan fingerprint density at radius 1 is 0.917 bits per heavy atom. The molecule has 0 heteroatoms. The zero-order valence-corrected chi connectivity index (χ0v) is 14.7. The lowest BCUT2D eigenvalue weighted by Crippen LogP contribution is -2.18. The van der Waals surface area contributed by atoms with E-state index >= 15 is 0 Å². The molecule has 0 aliphatic heterocycles. The third-order valence-electron chi connectivity index (χ3n) is 4.61. The van der Waals surface area contributed by atoms with Crippen molar-refractivity contribution in [2.75, 3.05) is 0 Å². The first-order valence-corrected chi connectivity index (χ1v) is 8.36. The normalized spacial score (nSPS) is 15.2. The van der Waals surface area contributed by atoms with Crippen LogP contribution in [0, 0.1) is 11.3 Å². The Morgan fingerprint density at radius 3 is 2.12 bits per heavy atom. The van der Waals surface area contributed by atoms with E-state index in [1.807, 2.05) is 24.3 Å². The van der Waals surface area contributed by atoms with Gasteiger partial charge >= 0.3 is 0 Å². The van der Waals surface area contributed by atoms with Gasteiger partial charge in [0.05, 0.1) is 0 Å². The molecule has 0 radical (unpaired) electrons. The molecule has 0 bridgehead atoms. The largest absolute Gasteiger partial charge is 0.102 e. The first kappa shape index (κ1) is 17.7. The number of allylic oxidation sites excluding steroid dienone is 5. The maximum absolute atomic E-state index is 4.02. The summed E-state index contributed by atoms with van der Waals surface area (Å²) in [5, 5.41) is 0. The van der Waals surface area contributed by atoms with Gasteiger partial charge in [0.2, 0.25) is 0 Å². The smallest absolute Gasteiger partial charge is 0.00935 e. The molecule has 2 atom stereocenters. The minimum absolute atomic E-state index is 0.0857. The molecule has 24 heavy (non-hydrogen) atoms. The highest BCUT2D eigenvalue weighted by atomic mass is 14.3. The predicted octanol–water partition coefficient (Wildman–Crippen LogP) is 6.94. The first-order valence-electron chi connectivity index (χ1n) is 8.36. The van der Waals surface area contributed by atoms with Crippen LogP contribution in [0.3, 0.4) is 0 Å². The summed E-state index contributed by atoms with van der Waals surface area (Å²) < 4.78 is 0. The molecule has 2 aromatic rings. The van der Waals surface area contributed by atoms with Crippen molar-refractivity contribution in [1.82, 2.24) is 0 Å². The van der Waals surface area contributed by atoms with Crippen LogP contribution in [0.25, 0.3) is 17.2 Å². The molecule has 2 rings (SSSR count). The van der Waals surface area contributed by atoms with Gasteiger partial charge in [-0.2, -0.15) is 0 Å². The van der Waals surface area contributed by atoms with Crippen molar-refractivity contribution in [1.29, 1.82) is 0 Å². The summed E-state index contributed by atoms with van der Waals surface area (Å²) in [7, 11) is 0. The Hall–Kier alpha value is -2.60. The number of benzene rings is 2. The lowest BCUT2D eigenvalue weighted by molar-refractivity contribution is 0.426. The van der Waals surface area contributed by atoms with Crippen molar-refractivity contribution >= 4 is 6.08 Å². The fourth-order valence-corrected chi connectivity index (χ4v) is 2.55. The van der Waals surface area contributed by atoms with E-state index in [1.54, 1.807) is 0 Å². The Labute approximate surface area is 146 Å². The standard InChI is InChI=1S/C24H26/c1-5-7-11-20(3)24(4,6-2)19-18-21-14-16-23(17-15-21)22-12-9-8-10-13-22/h5-20H,1-2H2,3-4H3/b11-7-,19-18-. The topological polar surface area (TPSA) is 0 Å². The van der Waals surface area contributed by atoms with Crippen molar-refractivity contribution in [2.24, 2.45) is 11.3 Å². The van der Waals surface area contributed by atoms with Crippen LogP contribution >= 0.6 is 0 Å². The van der Waals surface area contributed by atoms with E-state index in [0.717, 1.165) is 0 Å². The van der Waals surface area contributed by atoms with Gasteiger partial charge in [-0.05, 0) is 22.6 Å². The molecule has 0 heterocycles. The molecule has 2 unspecified atom stereocenters. The van der Waals surface area contributed by atoms with Crippen LogP contribution in [0.15, 0.2) is 98.1 Å². The summed E-state index contributed by atoms with van der Waals surface area (Å²) >= 11 is 0. The zero-order valence-electron chi connectivity index (χ0n) is 14.7. The van der Waals surface area contributed by atoms with Gasteiger partial charge in [-0.25, -0.2) is 0 Å². The molecule has 0 aromatic heterocycles. The third kappa shape index (κ3) is 4.45. The molecular formula is C24H26. The molecule has 0 aliphatic carbocycles. The van der Waals surface area contributed by atoms with E-state index in [1.165, 1.54) is 16.7 Å². The quantitative estimate of drug-likeness (QED) is 0.383. The second-order valence-corrected chi connectivity index (χ2v) is 6.30. The zero-order chi connectivity index (χ0) is 17.4. The summed E-state index contributed by atoms with van der Waals surface area (Å²) in [5.41, 5.74) is 3.59. The molecule has 0 nitrogen and oxygen atoms in total. The van der Waals surface area contributed by atoms with Crippen molar-refractivity contribution in [3.8, 4) is 11.1 Å². The molecule has 0 saturated carbocycles. The molecule has 0 spiro atoms. The second-order valence-electron chi connectivity index (χ2n) is 6.30. The highest BCUT2D eigenvalue weighted by Gasteiger charge is 2.22. The predicted molar refractivity (Wildman–Crippen MR) is 108 cm³/mol. The maximum Gasteiger partial charge on any atom is 0.00935 e. The molecule has 0 fully saturated rings. The summed E-state index contributed by atoms with van der Waals surface area (Å²) in [5.74, 6) is 0.354. The Balaban J connectivity index is 2.17. The van der Waals surface area contributed by atoms with Crippen LogP contribution in [0.1, 0.15) is 19.4 Å². The van der Waals surface area contributed by atoms with Gasteiger partial charge in [-0.3, -0.25) is 0 Å². The number of rotatable bonds is 7. The lowest BCUT2D eigenvalue weighted by Gasteiger charge is -2.27. The number of hydrogen-bond acceptors (Lipinski definition) is 0. The van der Waals surface area contributed by atoms with E-state index in [0.29, 0.717) is 5.92 Å². The second kappa shape index (κ2) is 8.31. The van der Waals surface area contributed by atoms with Gasteiger partial charge in [0.1, 0.15) is 0 Å². The fraction of sp³-hybridized carbons (Fsp3) is 0.167. The van der Waals surface area contributed by atoms with Crippen molar-refractivity contribution in [3.63, 3.8) is 0 Å². The minimum Gasteiger partial charge on any atom is -0.102 e. The van der Waals surface area contributed by atoms with Crippen molar-refractivity contribution in [2.45, 2.75) is 13.8 Å². The lowest BCUT2D eigenvalue weighted by atomic mass is 9.77. The average molecular weight is 314 g/mol. The van der Waals surface area contributed by atoms with E-state index in [2.05, 4.69) is 93.8 Å². The highest BCUT2D eigenvalue weighted by molar-refractivity contribution is 5.65. The summed E-state index contributed by atoms with van der Waals surface area (Å²) in [4.78, 5) is 0. The van der Waals surface area contributed by atoms with Crippen LogP contribution in [0.5, 0.6) is 0 Å². The Bertz CT molecular complexity index is 716. The van der Waals surface area contributed by atoms with Gasteiger partial charge in [0.15, 0.2) is 0 Å². The average Bonchev–Trinajstić information content (AvgIpc) is 2.65. The molecule has 0 amide bonds. The SMILES string of the molecule is C=C/C=C\C(C)C(C)(C=C)/C=C\c1ccc(-c2ccccc2)cc1. The van der Waals surface area contributed by atoms with E-state index in [4.69, 9.17) is 0 Å². The van der Waals surface area contributed by atoms with Crippen LogP contribution in [0.2, 0.25) is 0 Å².